The highest BCUT2D eigenvalue weighted by Crippen LogP contribution is 2.31. The fourth-order valence-electron chi connectivity index (χ4n) is 2.83. The summed E-state index contributed by atoms with van der Waals surface area (Å²) in [6.07, 6.45) is 4.25. The van der Waals surface area contributed by atoms with Gasteiger partial charge in [0.05, 0.1) is 5.54 Å². The molecule has 0 amide bonds. The highest BCUT2D eigenvalue weighted by molar-refractivity contribution is 7.13. The highest BCUT2D eigenvalue weighted by atomic mass is 32.1. The number of likely N-dealkylation sites (N-methyl/N-ethyl adjacent to an activating group) is 1. The van der Waals surface area contributed by atoms with Crippen LogP contribution >= 0.6 is 11.3 Å². The topological polar surface area (TPSA) is 37.0 Å². The second kappa shape index (κ2) is 5.41. The van der Waals surface area contributed by atoms with Gasteiger partial charge in [0.1, 0.15) is 5.01 Å². The Bertz CT molecular complexity index is 530. The third-order valence-corrected chi connectivity index (χ3v) is 4.78. The van der Waals surface area contributed by atoms with E-state index in [0.29, 0.717) is 0 Å². The second-order valence-electron chi connectivity index (χ2n) is 5.03. The minimum absolute atomic E-state index is 0.0610. The fourth-order valence-corrected chi connectivity index (χ4v) is 3.46. The van der Waals surface area contributed by atoms with E-state index in [-0.39, 0.29) is 5.54 Å². The lowest BCUT2D eigenvalue weighted by Gasteiger charge is -2.38. The van der Waals surface area contributed by atoms with Gasteiger partial charge >= 0.3 is 0 Å². The Labute approximate surface area is 118 Å². The summed E-state index contributed by atoms with van der Waals surface area (Å²) < 4.78 is 0. The van der Waals surface area contributed by atoms with E-state index in [1.165, 1.54) is 24.0 Å². The zero-order chi connectivity index (χ0) is 13.1. The van der Waals surface area contributed by atoms with E-state index in [0.717, 1.165) is 18.1 Å². The quantitative estimate of drug-likeness (QED) is 0.902. The molecule has 0 bridgehead atoms. The van der Waals surface area contributed by atoms with E-state index in [1.807, 2.05) is 11.6 Å². The first-order valence-electron chi connectivity index (χ1n) is 6.74. The highest BCUT2D eigenvalue weighted by Gasteiger charge is 2.32. The van der Waals surface area contributed by atoms with Crippen LogP contribution in [0.5, 0.6) is 0 Å². The third kappa shape index (κ3) is 2.43. The van der Waals surface area contributed by atoms with Crippen LogP contribution in [0.15, 0.2) is 35.8 Å². The van der Waals surface area contributed by atoms with E-state index in [1.54, 1.807) is 11.3 Å². The number of benzene rings is 1. The first-order chi connectivity index (χ1) is 9.34. The molecule has 2 aromatic rings. The molecule has 0 aliphatic carbocycles. The van der Waals surface area contributed by atoms with Gasteiger partial charge in [-0.3, -0.25) is 0 Å². The molecular weight excluding hydrogens is 254 g/mol. The van der Waals surface area contributed by atoms with E-state index >= 15 is 0 Å². The molecule has 1 unspecified atom stereocenters. The van der Waals surface area contributed by atoms with Crippen molar-refractivity contribution in [1.29, 1.82) is 0 Å². The van der Waals surface area contributed by atoms with Gasteiger partial charge in [0, 0.05) is 23.7 Å². The zero-order valence-electron chi connectivity index (χ0n) is 11.1. The number of rotatable bonds is 3. The Morgan fingerprint density at radius 3 is 3.05 bits per heavy atom. The summed E-state index contributed by atoms with van der Waals surface area (Å²) in [5.74, 6) is 0. The molecule has 3 nitrogen and oxygen atoms in total. The second-order valence-corrected chi connectivity index (χ2v) is 5.93. The molecule has 0 spiro atoms. The molecule has 1 aliphatic heterocycles. The predicted molar refractivity (Wildman–Crippen MR) is 80.4 cm³/mol. The van der Waals surface area contributed by atoms with Crippen molar-refractivity contribution in [1.82, 2.24) is 15.6 Å². The first-order valence-corrected chi connectivity index (χ1v) is 7.62. The van der Waals surface area contributed by atoms with Crippen LogP contribution in [-0.4, -0.2) is 25.1 Å². The maximum atomic E-state index is 4.40. The normalized spacial score (nSPS) is 23.4. The van der Waals surface area contributed by atoms with Gasteiger partial charge in [0.15, 0.2) is 0 Å². The van der Waals surface area contributed by atoms with Gasteiger partial charge < -0.3 is 10.6 Å². The van der Waals surface area contributed by atoms with Gasteiger partial charge in [-0.25, -0.2) is 4.98 Å². The Hall–Kier alpha value is -1.23. The minimum Gasteiger partial charge on any atom is -0.315 e. The number of hydrogen-bond acceptors (Lipinski definition) is 4. The van der Waals surface area contributed by atoms with Gasteiger partial charge in [-0.15, -0.1) is 11.3 Å². The maximum Gasteiger partial charge on any atom is 0.123 e. The summed E-state index contributed by atoms with van der Waals surface area (Å²) in [6.45, 7) is 2.11. The Morgan fingerprint density at radius 1 is 1.42 bits per heavy atom. The van der Waals surface area contributed by atoms with Crippen LogP contribution in [0.4, 0.5) is 0 Å². The number of thiazole rings is 1. The number of aromatic nitrogens is 1. The van der Waals surface area contributed by atoms with Gasteiger partial charge in [0.2, 0.25) is 0 Å². The van der Waals surface area contributed by atoms with Crippen LogP contribution in [-0.2, 0) is 5.54 Å². The number of piperidine rings is 1. The molecule has 0 radical (unpaired) electrons. The summed E-state index contributed by atoms with van der Waals surface area (Å²) in [6, 6.07) is 8.78. The average Bonchev–Trinajstić information content (AvgIpc) is 3.02. The number of nitrogens with one attached hydrogen (secondary N) is 2. The van der Waals surface area contributed by atoms with Crippen molar-refractivity contribution in [2.24, 2.45) is 0 Å². The van der Waals surface area contributed by atoms with Crippen LogP contribution in [0.1, 0.15) is 18.4 Å². The Kier molecular flexibility index (Phi) is 3.64. The summed E-state index contributed by atoms with van der Waals surface area (Å²) in [5.41, 5.74) is 2.63. The van der Waals surface area contributed by atoms with Crippen molar-refractivity contribution < 1.29 is 0 Å². The number of hydrogen-bond donors (Lipinski definition) is 2. The van der Waals surface area contributed by atoms with Crippen LogP contribution in [0.3, 0.4) is 0 Å². The van der Waals surface area contributed by atoms with Crippen molar-refractivity contribution >= 4 is 11.3 Å². The third-order valence-electron chi connectivity index (χ3n) is 3.96. The van der Waals surface area contributed by atoms with Crippen molar-refractivity contribution in [2.75, 3.05) is 20.1 Å². The zero-order valence-corrected chi connectivity index (χ0v) is 12.0. The minimum atomic E-state index is 0.0610. The molecule has 3 rings (SSSR count). The van der Waals surface area contributed by atoms with Gasteiger partial charge in [-0.2, -0.15) is 0 Å². The van der Waals surface area contributed by atoms with E-state index < -0.39 is 0 Å². The molecule has 19 heavy (non-hydrogen) atoms. The summed E-state index contributed by atoms with van der Waals surface area (Å²) in [7, 11) is 2.06. The van der Waals surface area contributed by atoms with Crippen LogP contribution in [0, 0.1) is 0 Å². The molecule has 4 heteroatoms. The average molecular weight is 273 g/mol. The molecule has 1 atom stereocenters. The predicted octanol–water partition coefficient (Wildman–Crippen LogP) is 2.61. The SMILES string of the molecule is CNC1(c2cccc(-c3nccs3)c2)CCCNC1. The van der Waals surface area contributed by atoms with E-state index in [2.05, 4.69) is 46.9 Å². The largest absolute Gasteiger partial charge is 0.315 e. The fraction of sp³-hybridized carbons (Fsp3) is 0.400. The lowest BCUT2D eigenvalue weighted by atomic mass is 9.82. The molecule has 2 N–H and O–H groups in total. The Morgan fingerprint density at radius 2 is 2.37 bits per heavy atom. The molecule has 1 aliphatic rings. The van der Waals surface area contributed by atoms with Crippen LogP contribution in [0.2, 0.25) is 0 Å². The molecule has 0 saturated carbocycles. The van der Waals surface area contributed by atoms with Crippen molar-refractivity contribution in [3.05, 3.63) is 41.4 Å². The molecule has 1 fully saturated rings. The van der Waals surface area contributed by atoms with Crippen molar-refractivity contribution in [2.45, 2.75) is 18.4 Å². The van der Waals surface area contributed by atoms with E-state index in [4.69, 9.17) is 0 Å². The summed E-state index contributed by atoms with van der Waals surface area (Å²) in [4.78, 5) is 4.40. The Balaban J connectivity index is 1.98. The van der Waals surface area contributed by atoms with Crippen LogP contribution < -0.4 is 10.6 Å². The van der Waals surface area contributed by atoms with E-state index in [9.17, 15) is 0 Å². The summed E-state index contributed by atoms with van der Waals surface area (Å²) >= 11 is 1.69. The van der Waals surface area contributed by atoms with Crippen LogP contribution in [0.25, 0.3) is 10.6 Å². The van der Waals surface area contributed by atoms with Gasteiger partial charge in [-0.1, -0.05) is 18.2 Å². The first kappa shape index (κ1) is 12.8. The molecule has 1 aromatic carbocycles. The van der Waals surface area contributed by atoms with Crippen molar-refractivity contribution in [3.63, 3.8) is 0 Å². The maximum absolute atomic E-state index is 4.40. The summed E-state index contributed by atoms with van der Waals surface area (Å²) in [5, 5.41) is 10.2. The monoisotopic (exact) mass is 273 g/mol. The smallest absolute Gasteiger partial charge is 0.123 e. The van der Waals surface area contributed by atoms with Gasteiger partial charge in [-0.05, 0) is 38.1 Å². The molecule has 1 aromatic heterocycles. The molecule has 1 saturated heterocycles. The number of nitrogens with zero attached hydrogens (tertiary/aromatic N) is 1. The molecule has 100 valence electrons. The molecular formula is C15H19N3S. The lowest BCUT2D eigenvalue weighted by molar-refractivity contribution is 0.269. The van der Waals surface area contributed by atoms with Crippen molar-refractivity contribution in [3.8, 4) is 10.6 Å². The standard InChI is InChI=1S/C15H19N3S/c1-16-15(6-3-7-17-11-15)13-5-2-4-12(10-13)14-18-8-9-19-14/h2,4-5,8-10,16-17H,3,6-7,11H2,1H3. The lowest BCUT2D eigenvalue weighted by Crippen LogP contribution is -2.51. The van der Waals surface area contributed by atoms with Gasteiger partial charge in [0.25, 0.3) is 0 Å². The molecule has 2 heterocycles.